The highest BCUT2D eigenvalue weighted by atomic mass is 16.5. The Morgan fingerprint density at radius 3 is 2.70 bits per heavy atom. The summed E-state index contributed by atoms with van der Waals surface area (Å²) in [6.07, 6.45) is 2.06. The van der Waals surface area contributed by atoms with Crippen molar-refractivity contribution in [2.45, 2.75) is 53.0 Å². The first-order chi connectivity index (χ1) is 14.4. The molecule has 8 nitrogen and oxygen atoms in total. The van der Waals surface area contributed by atoms with Gasteiger partial charge in [-0.2, -0.15) is 9.61 Å². The lowest BCUT2D eigenvalue weighted by atomic mass is 9.92. The van der Waals surface area contributed by atoms with Gasteiger partial charge in [-0.3, -0.25) is 4.90 Å². The minimum Gasteiger partial charge on any atom is -0.461 e. The molecule has 1 aliphatic rings. The smallest absolute Gasteiger partial charge is 0.355 e. The number of esters is 1. The van der Waals surface area contributed by atoms with E-state index in [2.05, 4.69) is 15.0 Å². The van der Waals surface area contributed by atoms with Crippen LogP contribution in [-0.2, 0) is 11.3 Å². The molecule has 1 fully saturated rings. The molecule has 0 atom stereocenters. The number of H-pyrrole nitrogens is 1. The Bertz CT molecular complexity index is 1080. The number of nitrogens with two attached hydrogens (primary N) is 1. The average molecular weight is 411 g/mol. The summed E-state index contributed by atoms with van der Waals surface area (Å²) < 4.78 is 6.87. The van der Waals surface area contributed by atoms with Gasteiger partial charge in [-0.05, 0) is 64.8 Å². The molecule has 30 heavy (non-hydrogen) atoms. The van der Waals surface area contributed by atoms with Crippen molar-refractivity contribution in [1.82, 2.24) is 24.5 Å². The van der Waals surface area contributed by atoms with Gasteiger partial charge in [0.05, 0.1) is 12.3 Å². The van der Waals surface area contributed by atoms with Crippen LogP contribution in [0.15, 0.2) is 12.1 Å². The largest absolute Gasteiger partial charge is 0.461 e. The molecule has 4 heterocycles. The van der Waals surface area contributed by atoms with Crippen LogP contribution >= 0.6 is 0 Å². The fourth-order valence-electron chi connectivity index (χ4n) is 4.39. The van der Waals surface area contributed by atoms with Crippen molar-refractivity contribution in [3.63, 3.8) is 0 Å². The predicted octanol–water partition coefficient (Wildman–Crippen LogP) is 3.12. The van der Waals surface area contributed by atoms with E-state index in [9.17, 15) is 4.79 Å². The SMILES string of the molecule is CCOC(=O)c1[nH]c(C)c(CN2CCC(c3cc(N)n4nc(C)cc4n3)CC2)c1C. The van der Waals surface area contributed by atoms with Crippen molar-refractivity contribution in [2.24, 2.45) is 0 Å². The lowest BCUT2D eigenvalue weighted by Gasteiger charge is -2.32. The van der Waals surface area contributed by atoms with Crippen LogP contribution in [0, 0.1) is 20.8 Å². The first kappa shape index (κ1) is 20.4. The van der Waals surface area contributed by atoms with E-state index < -0.39 is 0 Å². The van der Waals surface area contributed by atoms with Crippen LogP contribution in [0.3, 0.4) is 0 Å². The summed E-state index contributed by atoms with van der Waals surface area (Å²) in [5.74, 6) is 0.750. The summed E-state index contributed by atoms with van der Waals surface area (Å²) in [5, 5.41) is 4.39. The number of nitrogens with zero attached hydrogens (tertiary/aromatic N) is 4. The van der Waals surface area contributed by atoms with Crippen molar-refractivity contribution in [2.75, 3.05) is 25.4 Å². The van der Waals surface area contributed by atoms with Gasteiger partial charge in [0, 0.05) is 36.0 Å². The van der Waals surface area contributed by atoms with E-state index >= 15 is 0 Å². The lowest BCUT2D eigenvalue weighted by molar-refractivity contribution is 0.0519. The Morgan fingerprint density at radius 2 is 2.00 bits per heavy atom. The number of carbonyl (C=O) groups is 1. The number of hydrogen-bond donors (Lipinski definition) is 2. The summed E-state index contributed by atoms with van der Waals surface area (Å²) >= 11 is 0. The number of aryl methyl sites for hydroxylation is 2. The van der Waals surface area contributed by atoms with E-state index in [1.54, 1.807) is 4.52 Å². The van der Waals surface area contributed by atoms with Crippen molar-refractivity contribution >= 4 is 17.4 Å². The number of ether oxygens (including phenoxy) is 1. The number of aromatic amines is 1. The molecule has 0 radical (unpaired) electrons. The molecule has 160 valence electrons. The van der Waals surface area contributed by atoms with Crippen LogP contribution < -0.4 is 5.73 Å². The molecule has 0 spiro atoms. The Morgan fingerprint density at radius 1 is 1.27 bits per heavy atom. The van der Waals surface area contributed by atoms with Crippen LogP contribution in [0.1, 0.15) is 64.4 Å². The minimum atomic E-state index is -0.280. The summed E-state index contributed by atoms with van der Waals surface area (Å²) in [6.45, 7) is 11.0. The van der Waals surface area contributed by atoms with Gasteiger partial charge in [-0.15, -0.1) is 0 Å². The highest BCUT2D eigenvalue weighted by Gasteiger charge is 2.25. The third-order valence-electron chi connectivity index (χ3n) is 6.06. The number of anilines is 1. The van der Waals surface area contributed by atoms with Crippen LogP contribution in [0.25, 0.3) is 5.65 Å². The molecule has 0 saturated carbocycles. The van der Waals surface area contributed by atoms with E-state index in [-0.39, 0.29) is 5.97 Å². The lowest BCUT2D eigenvalue weighted by Crippen LogP contribution is -2.33. The van der Waals surface area contributed by atoms with Crippen LogP contribution in [0.2, 0.25) is 0 Å². The van der Waals surface area contributed by atoms with Crippen LogP contribution in [-0.4, -0.2) is 50.1 Å². The second-order valence-electron chi connectivity index (χ2n) is 8.16. The van der Waals surface area contributed by atoms with Crippen LogP contribution in [0.4, 0.5) is 5.82 Å². The summed E-state index contributed by atoms with van der Waals surface area (Å²) in [6, 6.07) is 3.93. The second-order valence-corrected chi connectivity index (χ2v) is 8.16. The quantitative estimate of drug-likeness (QED) is 0.627. The van der Waals surface area contributed by atoms with E-state index in [1.165, 1.54) is 5.56 Å². The molecule has 0 unspecified atom stereocenters. The number of fused-ring (bicyclic) bond motifs is 1. The molecule has 1 saturated heterocycles. The van der Waals surface area contributed by atoms with E-state index in [1.807, 2.05) is 39.8 Å². The number of nitrogens with one attached hydrogen (secondary N) is 1. The molecule has 4 rings (SSSR count). The van der Waals surface area contributed by atoms with Gasteiger partial charge in [-0.1, -0.05) is 0 Å². The second kappa shape index (κ2) is 8.10. The van der Waals surface area contributed by atoms with Gasteiger partial charge in [0.2, 0.25) is 0 Å². The fraction of sp³-hybridized carbons (Fsp3) is 0.500. The Labute approximate surface area is 176 Å². The van der Waals surface area contributed by atoms with E-state index in [0.717, 1.165) is 60.8 Å². The van der Waals surface area contributed by atoms with Crippen molar-refractivity contribution in [3.8, 4) is 0 Å². The van der Waals surface area contributed by atoms with E-state index in [4.69, 9.17) is 15.5 Å². The molecule has 0 aliphatic carbocycles. The Kier molecular flexibility index (Phi) is 5.51. The highest BCUT2D eigenvalue weighted by Crippen LogP contribution is 2.30. The first-order valence-electron chi connectivity index (χ1n) is 10.6. The molecule has 0 aromatic carbocycles. The summed E-state index contributed by atoms with van der Waals surface area (Å²) in [7, 11) is 0. The first-order valence-corrected chi connectivity index (χ1v) is 10.6. The number of aromatic nitrogens is 4. The van der Waals surface area contributed by atoms with Gasteiger partial charge >= 0.3 is 5.97 Å². The molecule has 3 aromatic rings. The number of likely N-dealkylation sites (tertiary alicyclic amines) is 1. The maximum absolute atomic E-state index is 12.2. The predicted molar refractivity (Wildman–Crippen MR) is 116 cm³/mol. The zero-order chi connectivity index (χ0) is 21.4. The van der Waals surface area contributed by atoms with Crippen LogP contribution in [0.5, 0.6) is 0 Å². The summed E-state index contributed by atoms with van der Waals surface area (Å²) in [5.41, 5.74) is 12.8. The number of hydrogen-bond acceptors (Lipinski definition) is 6. The third kappa shape index (κ3) is 3.79. The van der Waals surface area contributed by atoms with E-state index in [0.29, 0.717) is 24.0 Å². The Hall–Kier alpha value is -2.87. The van der Waals surface area contributed by atoms with Crippen molar-refractivity contribution in [1.29, 1.82) is 0 Å². The van der Waals surface area contributed by atoms with Gasteiger partial charge < -0.3 is 15.5 Å². The third-order valence-corrected chi connectivity index (χ3v) is 6.06. The van der Waals surface area contributed by atoms with Gasteiger partial charge in [0.25, 0.3) is 0 Å². The maximum atomic E-state index is 12.2. The standard InChI is InChI=1S/C22H30N6O2/c1-5-30-22(29)21-14(3)17(15(4)24-21)12-27-8-6-16(7-9-27)18-11-19(23)28-20(25-18)10-13(2)26-28/h10-11,16,24H,5-9,12,23H2,1-4H3. The van der Waals surface area contributed by atoms with Gasteiger partial charge in [-0.25, -0.2) is 9.78 Å². The monoisotopic (exact) mass is 410 g/mol. The number of piperidine rings is 1. The number of carbonyl (C=O) groups excluding carboxylic acids is 1. The number of nitrogen functional groups attached to an aromatic ring is 1. The van der Waals surface area contributed by atoms with Crippen molar-refractivity contribution in [3.05, 3.63) is 46.0 Å². The number of rotatable bonds is 5. The molecule has 0 bridgehead atoms. The normalized spacial score (nSPS) is 15.7. The maximum Gasteiger partial charge on any atom is 0.355 e. The minimum absolute atomic E-state index is 0.280. The molecular formula is C22H30N6O2. The van der Waals surface area contributed by atoms with Gasteiger partial charge in [0.1, 0.15) is 11.5 Å². The molecule has 3 aromatic heterocycles. The molecule has 0 amide bonds. The highest BCUT2D eigenvalue weighted by molar-refractivity contribution is 5.89. The molecule has 8 heteroatoms. The average Bonchev–Trinajstić information content (AvgIpc) is 3.23. The summed E-state index contributed by atoms with van der Waals surface area (Å²) in [4.78, 5) is 22.6. The molecule has 3 N–H and O–H groups in total. The fourth-order valence-corrected chi connectivity index (χ4v) is 4.39. The topological polar surface area (TPSA) is 102 Å². The van der Waals surface area contributed by atoms with Gasteiger partial charge in [0.15, 0.2) is 5.65 Å². The van der Waals surface area contributed by atoms with Crippen molar-refractivity contribution < 1.29 is 9.53 Å². The zero-order valence-electron chi connectivity index (χ0n) is 18.2. The Balaban J connectivity index is 1.44. The molecular weight excluding hydrogens is 380 g/mol. The zero-order valence-corrected chi connectivity index (χ0v) is 18.2. The molecule has 1 aliphatic heterocycles.